The van der Waals surface area contributed by atoms with Gasteiger partial charge in [0.05, 0.1) is 6.04 Å². The minimum Gasteiger partial charge on any atom is -0.385 e. The molecule has 18 heavy (non-hydrogen) atoms. The number of carbonyl (C=O) groups excluding carboxylic acids is 2. The molecular weight excluding hydrogens is 232 g/mol. The lowest BCUT2D eigenvalue weighted by atomic mass is 9.98. The summed E-state index contributed by atoms with van der Waals surface area (Å²) in [6, 6.07) is -0.157. The van der Waals surface area contributed by atoms with E-state index in [-0.39, 0.29) is 17.9 Å². The SMILES string of the molecule is COCCCNC(=O)C(C)N1CCCC(C=O)C1. The number of hydrogen-bond acceptors (Lipinski definition) is 4. The Kier molecular flexibility index (Phi) is 6.90. The third kappa shape index (κ3) is 4.74. The Hall–Kier alpha value is -0.940. The Balaban J connectivity index is 2.31. The summed E-state index contributed by atoms with van der Waals surface area (Å²) in [7, 11) is 1.65. The summed E-state index contributed by atoms with van der Waals surface area (Å²) >= 11 is 0. The lowest BCUT2D eigenvalue weighted by molar-refractivity contribution is -0.127. The van der Waals surface area contributed by atoms with E-state index in [4.69, 9.17) is 4.74 Å². The highest BCUT2D eigenvalue weighted by Crippen LogP contribution is 2.16. The van der Waals surface area contributed by atoms with Crippen molar-refractivity contribution in [2.75, 3.05) is 33.4 Å². The smallest absolute Gasteiger partial charge is 0.237 e. The second kappa shape index (κ2) is 8.21. The second-order valence-corrected chi connectivity index (χ2v) is 4.85. The number of nitrogens with one attached hydrogen (secondary N) is 1. The van der Waals surface area contributed by atoms with Crippen LogP contribution in [0.4, 0.5) is 0 Å². The van der Waals surface area contributed by atoms with Crippen molar-refractivity contribution in [2.45, 2.75) is 32.2 Å². The zero-order valence-corrected chi connectivity index (χ0v) is 11.4. The van der Waals surface area contributed by atoms with Crippen molar-refractivity contribution in [1.82, 2.24) is 10.2 Å². The van der Waals surface area contributed by atoms with Crippen molar-refractivity contribution >= 4 is 12.2 Å². The van der Waals surface area contributed by atoms with Gasteiger partial charge in [0, 0.05) is 32.7 Å². The standard InChI is InChI=1S/C13H24N2O3/c1-11(13(17)14-6-4-8-18-2)15-7-3-5-12(9-15)10-16/h10-12H,3-9H2,1-2H3,(H,14,17). The Morgan fingerprint density at radius 2 is 2.39 bits per heavy atom. The van der Waals surface area contributed by atoms with Gasteiger partial charge in [0.25, 0.3) is 0 Å². The summed E-state index contributed by atoms with van der Waals surface area (Å²) in [6.07, 6.45) is 3.77. The fraction of sp³-hybridized carbons (Fsp3) is 0.846. The van der Waals surface area contributed by atoms with Crippen LogP contribution in [0, 0.1) is 5.92 Å². The van der Waals surface area contributed by atoms with Crippen molar-refractivity contribution in [2.24, 2.45) is 5.92 Å². The molecule has 1 N–H and O–H groups in total. The number of rotatable bonds is 7. The van der Waals surface area contributed by atoms with E-state index in [0.29, 0.717) is 19.7 Å². The van der Waals surface area contributed by atoms with E-state index < -0.39 is 0 Å². The minimum atomic E-state index is -0.157. The first-order chi connectivity index (χ1) is 8.69. The lowest BCUT2D eigenvalue weighted by Crippen LogP contribution is -2.49. The van der Waals surface area contributed by atoms with Crippen molar-refractivity contribution in [3.63, 3.8) is 0 Å². The number of carbonyl (C=O) groups is 2. The number of likely N-dealkylation sites (tertiary alicyclic amines) is 1. The highest BCUT2D eigenvalue weighted by molar-refractivity contribution is 5.81. The van der Waals surface area contributed by atoms with Crippen LogP contribution in [0.15, 0.2) is 0 Å². The van der Waals surface area contributed by atoms with Crippen LogP contribution in [0.3, 0.4) is 0 Å². The first-order valence-corrected chi connectivity index (χ1v) is 6.65. The molecule has 0 aromatic heterocycles. The highest BCUT2D eigenvalue weighted by atomic mass is 16.5. The van der Waals surface area contributed by atoms with Gasteiger partial charge < -0.3 is 14.8 Å². The molecule has 0 spiro atoms. The fourth-order valence-electron chi connectivity index (χ4n) is 2.24. The van der Waals surface area contributed by atoms with Gasteiger partial charge in [-0.15, -0.1) is 0 Å². The highest BCUT2D eigenvalue weighted by Gasteiger charge is 2.26. The molecule has 2 unspecified atom stereocenters. The maximum absolute atomic E-state index is 11.9. The molecule has 0 aromatic carbocycles. The molecule has 1 saturated heterocycles. The molecule has 0 radical (unpaired) electrons. The van der Waals surface area contributed by atoms with Gasteiger partial charge >= 0.3 is 0 Å². The maximum atomic E-state index is 11.9. The van der Waals surface area contributed by atoms with Gasteiger partial charge in [0.15, 0.2) is 0 Å². The van der Waals surface area contributed by atoms with Crippen LogP contribution in [0.1, 0.15) is 26.2 Å². The van der Waals surface area contributed by atoms with Gasteiger partial charge in [-0.1, -0.05) is 0 Å². The quantitative estimate of drug-likeness (QED) is 0.530. The van der Waals surface area contributed by atoms with Gasteiger partial charge in [-0.05, 0) is 32.7 Å². The van der Waals surface area contributed by atoms with Gasteiger partial charge in [-0.2, -0.15) is 0 Å². The molecule has 0 bridgehead atoms. The van der Waals surface area contributed by atoms with Crippen molar-refractivity contribution in [3.05, 3.63) is 0 Å². The molecule has 1 amide bonds. The molecule has 104 valence electrons. The lowest BCUT2D eigenvalue weighted by Gasteiger charge is -2.34. The first kappa shape index (κ1) is 15.1. The zero-order chi connectivity index (χ0) is 13.4. The predicted octanol–water partition coefficient (Wildman–Crippen LogP) is 0.439. The Morgan fingerprint density at radius 1 is 1.61 bits per heavy atom. The molecule has 1 aliphatic heterocycles. The summed E-state index contributed by atoms with van der Waals surface area (Å²) in [4.78, 5) is 24.8. The van der Waals surface area contributed by atoms with Crippen molar-refractivity contribution in [3.8, 4) is 0 Å². The van der Waals surface area contributed by atoms with E-state index in [0.717, 1.165) is 32.1 Å². The van der Waals surface area contributed by atoms with E-state index in [9.17, 15) is 9.59 Å². The molecule has 0 aromatic rings. The molecule has 0 aliphatic carbocycles. The van der Waals surface area contributed by atoms with Crippen LogP contribution < -0.4 is 5.32 Å². The van der Waals surface area contributed by atoms with E-state index in [1.165, 1.54) is 0 Å². The average molecular weight is 256 g/mol. The number of amides is 1. The average Bonchev–Trinajstić information content (AvgIpc) is 2.42. The Morgan fingerprint density at radius 3 is 3.06 bits per heavy atom. The molecule has 1 heterocycles. The summed E-state index contributed by atoms with van der Waals surface area (Å²) in [5.74, 6) is 0.125. The third-order valence-electron chi connectivity index (χ3n) is 3.43. The number of piperidine rings is 1. The molecule has 5 nitrogen and oxygen atoms in total. The molecule has 1 aliphatic rings. The van der Waals surface area contributed by atoms with Crippen LogP contribution in [0.25, 0.3) is 0 Å². The first-order valence-electron chi connectivity index (χ1n) is 6.65. The zero-order valence-electron chi connectivity index (χ0n) is 11.4. The number of hydrogen-bond donors (Lipinski definition) is 1. The monoisotopic (exact) mass is 256 g/mol. The van der Waals surface area contributed by atoms with Crippen molar-refractivity contribution in [1.29, 1.82) is 0 Å². The summed E-state index contributed by atoms with van der Waals surface area (Å²) in [6.45, 7) is 4.81. The molecule has 0 saturated carbocycles. The van der Waals surface area contributed by atoms with Gasteiger partial charge in [-0.3, -0.25) is 9.69 Å². The molecule has 1 fully saturated rings. The largest absolute Gasteiger partial charge is 0.385 e. The van der Waals surface area contributed by atoms with Crippen LogP contribution >= 0.6 is 0 Å². The summed E-state index contributed by atoms with van der Waals surface area (Å²) in [5, 5.41) is 2.90. The fourth-order valence-corrected chi connectivity index (χ4v) is 2.24. The summed E-state index contributed by atoms with van der Waals surface area (Å²) < 4.78 is 4.93. The summed E-state index contributed by atoms with van der Waals surface area (Å²) in [5.41, 5.74) is 0. The van der Waals surface area contributed by atoms with E-state index in [1.54, 1.807) is 7.11 Å². The number of aldehydes is 1. The van der Waals surface area contributed by atoms with E-state index in [1.807, 2.05) is 6.92 Å². The molecule has 2 atom stereocenters. The van der Waals surface area contributed by atoms with E-state index >= 15 is 0 Å². The number of ether oxygens (including phenoxy) is 1. The topological polar surface area (TPSA) is 58.6 Å². The Bertz CT molecular complexity index is 271. The van der Waals surface area contributed by atoms with E-state index in [2.05, 4.69) is 10.2 Å². The molecule has 1 rings (SSSR count). The molecular formula is C13H24N2O3. The van der Waals surface area contributed by atoms with Crippen LogP contribution in [-0.4, -0.2) is 56.5 Å². The second-order valence-electron chi connectivity index (χ2n) is 4.85. The van der Waals surface area contributed by atoms with Crippen molar-refractivity contribution < 1.29 is 14.3 Å². The minimum absolute atomic E-state index is 0.0395. The number of methoxy groups -OCH3 is 1. The third-order valence-corrected chi connectivity index (χ3v) is 3.43. The normalized spacial score (nSPS) is 22.4. The van der Waals surface area contributed by atoms with Crippen LogP contribution in [-0.2, 0) is 14.3 Å². The van der Waals surface area contributed by atoms with Crippen LogP contribution in [0.2, 0.25) is 0 Å². The Labute approximate surface area is 109 Å². The number of nitrogens with zero attached hydrogens (tertiary/aromatic N) is 1. The van der Waals surface area contributed by atoms with Gasteiger partial charge in [0.1, 0.15) is 6.29 Å². The van der Waals surface area contributed by atoms with Gasteiger partial charge in [-0.25, -0.2) is 0 Å². The van der Waals surface area contributed by atoms with Gasteiger partial charge in [0.2, 0.25) is 5.91 Å². The molecule has 5 heteroatoms. The predicted molar refractivity (Wildman–Crippen MR) is 69.3 cm³/mol. The maximum Gasteiger partial charge on any atom is 0.237 e. The van der Waals surface area contributed by atoms with Crippen LogP contribution in [0.5, 0.6) is 0 Å².